The number of nitrogens with zero attached hydrogens (tertiary/aromatic N) is 2. The Labute approximate surface area is 149 Å². The van der Waals surface area contributed by atoms with Crippen molar-refractivity contribution in [3.63, 3.8) is 0 Å². The third-order valence-corrected chi connectivity index (χ3v) is 3.91. The predicted octanol–water partition coefficient (Wildman–Crippen LogP) is 2.72. The van der Waals surface area contributed by atoms with Gasteiger partial charge in [0.15, 0.2) is 5.96 Å². The molecule has 0 aliphatic carbocycles. The number of hydrogen-bond acceptors (Lipinski definition) is 3. The Hall–Kier alpha value is -2.82. The fraction of sp³-hybridized carbons (Fsp3) is 0.300. The molecule has 5 nitrogen and oxygen atoms in total. The molecule has 0 radical (unpaired) electrons. The van der Waals surface area contributed by atoms with Crippen LogP contribution >= 0.6 is 0 Å². The number of methoxy groups -OCH3 is 1. The summed E-state index contributed by atoms with van der Waals surface area (Å²) in [5, 5.41) is 3.37. The lowest BCUT2D eigenvalue weighted by Gasteiger charge is -2.22. The molecule has 2 aromatic carbocycles. The van der Waals surface area contributed by atoms with Gasteiger partial charge in [0.05, 0.1) is 12.7 Å². The fourth-order valence-corrected chi connectivity index (χ4v) is 2.56. The molecule has 0 spiro atoms. The van der Waals surface area contributed by atoms with E-state index in [2.05, 4.69) is 27.3 Å². The molecular weight excluding hydrogens is 314 g/mol. The van der Waals surface area contributed by atoms with Gasteiger partial charge in [-0.15, -0.1) is 0 Å². The van der Waals surface area contributed by atoms with E-state index in [1.54, 1.807) is 19.2 Å². The van der Waals surface area contributed by atoms with Gasteiger partial charge in [-0.05, 0) is 29.7 Å². The predicted molar refractivity (Wildman–Crippen MR) is 101 cm³/mol. The molecule has 0 bridgehead atoms. The summed E-state index contributed by atoms with van der Waals surface area (Å²) in [5.41, 5.74) is 2.96. The molecule has 132 valence electrons. The highest BCUT2D eigenvalue weighted by atomic mass is 16.5. The number of nitrogens with one attached hydrogen (secondary N) is 1. The Balaban J connectivity index is 1.83. The van der Waals surface area contributed by atoms with Crippen molar-refractivity contribution in [2.24, 2.45) is 4.99 Å². The second kappa shape index (κ2) is 9.47. The first-order valence-electron chi connectivity index (χ1n) is 8.27. The number of ether oxygens (including phenoxy) is 1. The lowest BCUT2D eigenvalue weighted by atomic mass is 10.1. The molecule has 2 rings (SSSR count). The van der Waals surface area contributed by atoms with Crippen LogP contribution in [0.25, 0.3) is 0 Å². The summed E-state index contributed by atoms with van der Waals surface area (Å²) in [5.74, 6) is 0.544. The van der Waals surface area contributed by atoms with E-state index in [1.165, 1.54) is 12.7 Å². The van der Waals surface area contributed by atoms with E-state index in [9.17, 15) is 4.79 Å². The van der Waals surface area contributed by atoms with Gasteiger partial charge in [0, 0.05) is 27.2 Å². The molecule has 0 saturated heterocycles. The van der Waals surface area contributed by atoms with Crippen molar-refractivity contribution in [1.82, 2.24) is 10.2 Å². The number of carbonyl (C=O) groups excluding carboxylic acids is 1. The van der Waals surface area contributed by atoms with Crippen molar-refractivity contribution in [3.8, 4) is 0 Å². The van der Waals surface area contributed by atoms with Crippen molar-refractivity contribution in [3.05, 3.63) is 71.3 Å². The molecule has 5 heteroatoms. The monoisotopic (exact) mass is 339 g/mol. The van der Waals surface area contributed by atoms with E-state index >= 15 is 0 Å². The number of hydrogen-bond donors (Lipinski definition) is 1. The zero-order chi connectivity index (χ0) is 18.1. The van der Waals surface area contributed by atoms with E-state index in [1.807, 2.05) is 37.4 Å². The Morgan fingerprint density at radius 3 is 2.36 bits per heavy atom. The summed E-state index contributed by atoms with van der Waals surface area (Å²) in [6.45, 7) is 1.57. The number of aliphatic imine (C=N–C) groups is 1. The number of rotatable bonds is 6. The third-order valence-electron chi connectivity index (χ3n) is 3.91. The van der Waals surface area contributed by atoms with Crippen LogP contribution in [0.4, 0.5) is 0 Å². The van der Waals surface area contributed by atoms with Crippen LogP contribution in [0.5, 0.6) is 0 Å². The highest BCUT2D eigenvalue weighted by Crippen LogP contribution is 2.06. The van der Waals surface area contributed by atoms with Gasteiger partial charge in [-0.2, -0.15) is 0 Å². The molecule has 0 aromatic heterocycles. The molecule has 0 amide bonds. The average molecular weight is 339 g/mol. The number of benzene rings is 2. The topological polar surface area (TPSA) is 53.9 Å². The van der Waals surface area contributed by atoms with Gasteiger partial charge in [0.25, 0.3) is 0 Å². The van der Waals surface area contributed by atoms with Crippen molar-refractivity contribution in [2.75, 3.05) is 27.7 Å². The van der Waals surface area contributed by atoms with Crippen molar-refractivity contribution >= 4 is 11.9 Å². The smallest absolute Gasteiger partial charge is 0.337 e. The van der Waals surface area contributed by atoms with Gasteiger partial charge in [0.2, 0.25) is 0 Å². The maximum atomic E-state index is 11.4. The van der Waals surface area contributed by atoms with Crippen LogP contribution in [0.1, 0.15) is 21.5 Å². The SMILES string of the molecule is CN=C(NCCc1ccc(C(=O)OC)cc1)N(C)Cc1ccccc1. The highest BCUT2D eigenvalue weighted by Gasteiger charge is 2.07. The maximum Gasteiger partial charge on any atom is 0.337 e. The summed E-state index contributed by atoms with van der Waals surface area (Å²) >= 11 is 0. The Morgan fingerprint density at radius 2 is 1.76 bits per heavy atom. The molecule has 0 fully saturated rings. The van der Waals surface area contributed by atoms with E-state index in [0.717, 1.165) is 31.0 Å². The van der Waals surface area contributed by atoms with E-state index in [4.69, 9.17) is 4.74 Å². The molecule has 1 N–H and O–H groups in total. The molecule has 0 saturated carbocycles. The minimum Gasteiger partial charge on any atom is -0.465 e. The van der Waals surface area contributed by atoms with E-state index < -0.39 is 0 Å². The van der Waals surface area contributed by atoms with Gasteiger partial charge in [-0.3, -0.25) is 4.99 Å². The summed E-state index contributed by atoms with van der Waals surface area (Å²) in [7, 11) is 5.19. The van der Waals surface area contributed by atoms with Crippen LogP contribution in [0.3, 0.4) is 0 Å². The van der Waals surface area contributed by atoms with E-state index in [0.29, 0.717) is 5.56 Å². The zero-order valence-electron chi connectivity index (χ0n) is 15.0. The lowest BCUT2D eigenvalue weighted by Crippen LogP contribution is -2.39. The number of esters is 1. The van der Waals surface area contributed by atoms with Crippen molar-refractivity contribution in [1.29, 1.82) is 0 Å². The minimum absolute atomic E-state index is 0.312. The van der Waals surface area contributed by atoms with Crippen LogP contribution in [0.2, 0.25) is 0 Å². The minimum atomic E-state index is -0.312. The Bertz CT molecular complexity index is 697. The van der Waals surface area contributed by atoms with Gasteiger partial charge < -0.3 is 15.0 Å². The third kappa shape index (κ3) is 5.64. The van der Waals surface area contributed by atoms with Crippen LogP contribution in [0, 0.1) is 0 Å². The first-order chi connectivity index (χ1) is 12.1. The molecule has 0 atom stereocenters. The zero-order valence-corrected chi connectivity index (χ0v) is 15.0. The quantitative estimate of drug-likeness (QED) is 0.499. The standard InChI is InChI=1S/C20H25N3O2/c1-21-20(23(2)15-17-7-5-4-6-8-17)22-14-13-16-9-11-18(12-10-16)19(24)25-3/h4-12H,13-15H2,1-3H3,(H,21,22). The fourth-order valence-electron chi connectivity index (χ4n) is 2.56. The van der Waals surface area contributed by atoms with Gasteiger partial charge in [-0.1, -0.05) is 42.5 Å². The molecule has 0 heterocycles. The summed E-state index contributed by atoms with van der Waals surface area (Å²) in [6, 6.07) is 17.8. The van der Waals surface area contributed by atoms with Crippen molar-refractivity contribution in [2.45, 2.75) is 13.0 Å². The lowest BCUT2D eigenvalue weighted by molar-refractivity contribution is 0.0600. The Kier molecular flexibility index (Phi) is 7.01. The molecular formula is C20H25N3O2. The number of guanidine groups is 1. The van der Waals surface area contributed by atoms with Gasteiger partial charge in [-0.25, -0.2) is 4.79 Å². The first-order valence-corrected chi connectivity index (χ1v) is 8.27. The van der Waals surface area contributed by atoms with Crippen LogP contribution in [0.15, 0.2) is 59.6 Å². The molecule has 0 unspecified atom stereocenters. The first kappa shape index (κ1) is 18.5. The number of carbonyl (C=O) groups is 1. The second-order valence-corrected chi connectivity index (χ2v) is 5.75. The second-order valence-electron chi connectivity index (χ2n) is 5.75. The summed E-state index contributed by atoms with van der Waals surface area (Å²) < 4.78 is 4.71. The molecule has 2 aromatic rings. The van der Waals surface area contributed by atoms with Crippen LogP contribution in [-0.4, -0.2) is 44.6 Å². The molecule has 25 heavy (non-hydrogen) atoms. The average Bonchev–Trinajstić information content (AvgIpc) is 2.65. The normalized spacial score (nSPS) is 11.1. The van der Waals surface area contributed by atoms with Gasteiger partial charge >= 0.3 is 5.97 Å². The molecule has 0 aliphatic heterocycles. The summed E-state index contributed by atoms with van der Waals surface area (Å²) in [4.78, 5) is 17.9. The Morgan fingerprint density at radius 1 is 1.08 bits per heavy atom. The largest absolute Gasteiger partial charge is 0.465 e. The van der Waals surface area contributed by atoms with Crippen LogP contribution < -0.4 is 5.32 Å². The van der Waals surface area contributed by atoms with Gasteiger partial charge in [0.1, 0.15) is 0 Å². The summed E-state index contributed by atoms with van der Waals surface area (Å²) in [6.07, 6.45) is 0.847. The molecule has 0 aliphatic rings. The van der Waals surface area contributed by atoms with E-state index in [-0.39, 0.29) is 5.97 Å². The van der Waals surface area contributed by atoms with Crippen LogP contribution in [-0.2, 0) is 17.7 Å². The maximum absolute atomic E-state index is 11.4. The highest BCUT2D eigenvalue weighted by molar-refractivity contribution is 5.89. The van der Waals surface area contributed by atoms with Crippen molar-refractivity contribution < 1.29 is 9.53 Å².